The summed E-state index contributed by atoms with van der Waals surface area (Å²) in [7, 11) is 0. The molecule has 0 radical (unpaired) electrons. The van der Waals surface area contributed by atoms with Gasteiger partial charge in [0.25, 0.3) is 0 Å². The van der Waals surface area contributed by atoms with E-state index in [9.17, 15) is 4.79 Å². The van der Waals surface area contributed by atoms with Crippen LogP contribution in [0.1, 0.15) is 0 Å². The molecule has 0 unspecified atom stereocenters. The van der Waals surface area contributed by atoms with E-state index in [1.54, 1.807) is 36.4 Å². The molecule has 4 aromatic carbocycles. The molecule has 0 aromatic heterocycles. The van der Waals surface area contributed by atoms with Crippen LogP contribution in [0.15, 0.2) is 97.1 Å². The monoisotopic (exact) mass is 434 g/mol. The van der Waals surface area contributed by atoms with Gasteiger partial charge < -0.3 is 9.47 Å². The average Bonchev–Trinajstić information content (AvgIpc) is 2.75. The van der Waals surface area contributed by atoms with E-state index in [-0.39, 0.29) is 0 Å². The smallest absolute Gasteiger partial charge is 0.394 e. The predicted octanol–water partition coefficient (Wildman–Crippen LogP) is 7.91. The summed E-state index contributed by atoms with van der Waals surface area (Å²) in [6.45, 7) is 0. The van der Waals surface area contributed by atoms with Gasteiger partial charge in [-0.15, -0.1) is 0 Å². The fourth-order valence-electron chi connectivity index (χ4n) is 3.15. The third-order valence-corrected chi connectivity index (χ3v) is 5.09. The van der Waals surface area contributed by atoms with Gasteiger partial charge in [0.2, 0.25) is 0 Å². The van der Waals surface area contributed by atoms with Crippen LogP contribution < -0.4 is 9.47 Å². The van der Waals surface area contributed by atoms with Gasteiger partial charge in [-0.3, -0.25) is 0 Å². The highest BCUT2D eigenvalue weighted by Gasteiger charge is 2.18. The molecule has 0 aliphatic heterocycles. The molecule has 30 heavy (non-hydrogen) atoms. The molecule has 0 heterocycles. The number of carbonyl (C=O) groups is 1. The van der Waals surface area contributed by atoms with Crippen LogP contribution in [0.25, 0.3) is 22.3 Å². The molecule has 0 N–H and O–H groups in total. The first-order chi connectivity index (χ1) is 14.6. The first kappa shape index (κ1) is 20.0. The molecule has 0 spiro atoms. The molecular weight excluding hydrogens is 419 g/mol. The molecular formula is C25H16Cl2O3. The summed E-state index contributed by atoms with van der Waals surface area (Å²) in [6.07, 6.45) is -0.881. The van der Waals surface area contributed by atoms with Gasteiger partial charge >= 0.3 is 6.16 Å². The minimum Gasteiger partial charge on any atom is -0.394 e. The summed E-state index contributed by atoms with van der Waals surface area (Å²) in [5, 5.41) is 0.943. The Labute approximate surface area is 184 Å². The summed E-state index contributed by atoms with van der Waals surface area (Å²) in [5.41, 5.74) is 2.90. The van der Waals surface area contributed by atoms with Crippen molar-refractivity contribution in [3.05, 3.63) is 107 Å². The van der Waals surface area contributed by atoms with Crippen molar-refractivity contribution >= 4 is 29.4 Å². The Bertz CT molecular complexity index is 1080. The fourth-order valence-corrected chi connectivity index (χ4v) is 3.70. The average molecular weight is 435 g/mol. The Balaban J connectivity index is 1.64. The Hall–Kier alpha value is -3.27. The normalized spacial score (nSPS) is 10.5. The van der Waals surface area contributed by atoms with Crippen LogP contribution in [-0.4, -0.2) is 6.16 Å². The lowest BCUT2D eigenvalue weighted by Crippen LogP contribution is -2.15. The molecule has 148 valence electrons. The Morgan fingerprint density at radius 2 is 0.933 bits per heavy atom. The number of carbonyl (C=O) groups excluding carboxylic acids is 1. The molecule has 0 aliphatic rings. The second-order valence-electron chi connectivity index (χ2n) is 6.41. The number of halogens is 2. The van der Waals surface area contributed by atoms with E-state index in [4.69, 9.17) is 32.7 Å². The van der Waals surface area contributed by atoms with Crippen molar-refractivity contribution in [1.29, 1.82) is 0 Å². The molecule has 0 saturated heterocycles. The second kappa shape index (κ2) is 9.04. The topological polar surface area (TPSA) is 35.5 Å². The summed E-state index contributed by atoms with van der Waals surface area (Å²) in [6, 6.07) is 29.2. The molecule has 4 rings (SSSR count). The van der Waals surface area contributed by atoms with Crippen molar-refractivity contribution in [3.8, 4) is 33.8 Å². The molecule has 0 amide bonds. The third-order valence-electron chi connectivity index (χ3n) is 4.46. The van der Waals surface area contributed by atoms with Crippen LogP contribution in [0.3, 0.4) is 0 Å². The van der Waals surface area contributed by atoms with Gasteiger partial charge in [0.05, 0.1) is 10.0 Å². The minimum atomic E-state index is -0.881. The van der Waals surface area contributed by atoms with E-state index in [0.29, 0.717) is 32.7 Å². The van der Waals surface area contributed by atoms with Crippen LogP contribution in [-0.2, 0) is 0 Å². The van der Waals surface area contributed by atoms with E-state index < -0.39 is 6.16 Å². The van der Waals surface area contributed by atoms with E-state index in [1.165, 1.54) is 0 Å². The highest BCUT2D eigenvalue weighted by atomic mass is 35.5. The molecule has 0 fully saturated rings. The molecule has 0 saturated carbocycles. The van der Waals surface area contributed by atoms with Gasteiger partial charge in [-0.1, -0.05) is 96.0 Å². The Morgan fingerprint density at radius 1 is 0.533 bits per heavy atom. The fraction of sp³-hybridized carbons (Fsp3) is 0. The van der Waals surface area contributed by atoms with E-state index in [1.807, 2.05) is 60.7 Å². The van der Waals surface area contributed by atoms with E-state index in [2.05, 4.69) is 0 Å². The van der Waals surface area contributed by atoms with Crippen molar-refractivity contribution in [3.63, 3.8) is 0 Å². The SMILES string of the molecule is O=C(Oc1cccc(Cl)c1-c1ccccc1)Oc1cccc(Cl)c1-c1ccccc1. The van der Waals surface area contributed by atoms with Gasteiger partial charge in [0.1, 0.15) is 11.5 Å². The van der Waals surface area contributed by atoms with Gasteiger partial charge in [0.15, 0.2) is 0 Å². The van der Waals surface area contributed by atoms with Crippen LogP contribution in [0.2, 0.25) is 10.0 Å². The molecule has 5 heteroatoms. The van der Waals surface area contributed by atoms with Gasteiger partial charge in [-0.2, -0.15) is 0 Å². The maximum Gasteiger partial charge on any atom is 0.519 e. The number of benzene rings is 4. The van der Waals surface area contributed by atoms with Crippen molar-refractivity contribution in [2.45, 2.75) is 0 Å². The molecule has 0 bridgehead atoms. The van der Waals surface area contributed by atoms with Crippen LogP contribution >= 0.6 is 23.2 Å². The summed E-state index contributed by atoms with van der Waals surface area (Å²) in [4.78, 5) is 12.6. The summed E-state index contributed by atoms with van der Waals surface area (Å²) in [5.74, 6) is 0.615. The van der Waals surface area contributed by atoms with Crippen molar-refractivity contribution in [2.24, 2.45) is 0 Å². The van der Waals surface area contributed by atoms with Gasteiger partial charge in [-0.05, 0) is 35.4 Å². The van der Waals surface area contributed by atoms with Crippen molar-refractivity contribution in [1.82, 2.24) is 0 Å². The lowest BCUT2D eigenvalue weighted by atomic mass is 10.0. The molecule has 4 aromatic rings. The molecule has 0 atom stereocenters. The van der Waals surface area contributed by atoms with Gasteiger partial charge in [0, 0.05) is 11.1 Å². The molecule has 0 aliphatic carbocycles. The predicted molar refractivity (Wildman–Crippen MR) is 120 cm³/mol. The lowest BCUT2D eigenvalue weighted by Gasteiger charge is -2.14. The zero-order chi connectivity index (χ0) is 20.9. The van der Waals surface area contributed by atoms with Crippen molar-refractivity contribution < 1.29 is 14.3 Å². The maximum absolute atomic E-state index is 12.6. The van der Waals surface area contributed by atoms with Crippen molar-refractivity contribution in [2.75, 3.05) is 0 Å². The van der Waals surface area contributed by atoms with E-state index in [0.717, 1.165) is 11.1 Å². The van der Waals surface area contributed by atoms with E-state index >= 15 is 0 Å². The second-order valence-corrected chi connectivity index (χ2v) is 7.23. The van der Waals surface area contributed by atoms with Gasteiger partial charge in [-0.25, -0.2) is 4.79 Å². The zero-order valence-electron chi connectivity index (χ0n) is 15.7. The number of rotatable bonds is 4. The molecule has 3 nitrogen and oxygen atoms in total. The first-order valence-corrected chi connectivity index (χ1v) is 9.96. The zero-order valence-corrected chi connectivity index (χ0v) is 17.2. The highest BCUT2D eigenvalue weighted by molar-refractivity contribution is 6.34. The Kier molecular flexibility index (Phi) is 6.03. The van der Waals surface area contributed by atoms with Crippen LogP contribution in [0.4, 0.5) is 4.79 Å². The lowest BCUT2D eigenvalue weighted by molar-refractivity contribution is 0.152. The number of hydrogen-bond donors (Lipinski definition) is 0. The highest BCUT2D eigenvalue weighted by Crippen LogP contribution is 2.38. The van der Waals surface area contributed by atoms with Crippen LogP contribution in [0, 0.1) is 0 Å². The first-order valence-electron chi connectivity index (χ1n) is 9.21. The standard InChI is InChI=1S/C25H16Cl2O3/c26-19-13-7-15-21(23(19)17-9-3-1-4-10-17)29-25(28)30-22-16-8-14-20(27)24(22)18-11-5-2-6-12-18/h1-16H. The maximum atomic E-state index is 12.6. The largest absolute Gasteiger partial charge is 0.519 e. The quantitative estimate of drug-likeness (QED) is 0.241. The number of hydrogen-bond acceptors (Lipinski definition) is 3. The Morgan fingerprint density at radius 3 is 1.33 bits per heavy atom. The number of ether oxygens (including phenoxy) is 2. The van der Waals surface area contributed by atoms with Crippen LogP contribution in [0.5, 0.6) is 11.5 Å². The third kappa shape index (κ3) is 4.33. The summed E-state index contributed by atoms with van der Waals surface area (Å²) >= 11 is 12.8. The minimum absolute atomic E-state index is 0.307. The summed E-state index contributed by atoms with van der Waals surface area (Å²) < 4.78 is 11.1.